The number of carbonyl (C=O) groups excluding carboxylic acids is 2. The van der Waals surface area contributed by atoms with Crippen molar-refractivity contribution >= 4 is 17.6 Å². The Bertz CT molecular complexity index is 525. The van der Waals surface area contributed by atoms with Gasteiger partial charge in [-0.2, -0.15) is 0 Å². The summed E-state index contributed by atoms with van der Waals surface area (Å²) in [6.45, 7) is 4.70. The summed E-state index contributed by atoms with van der Waals surface area (Å²) in [5.41, 5.74) is 1.60. The van der Waals surface area contributed by atoms with Crippen molar-refractivity contribution in [1.82, 2.24) is 5.06 Å². The SMILES string of the molecule is C=C1c2ccccc2C(=O)N1OC(=O)C1CCOC1. The largest absolute Gasteiger partial charge is 0.381 e. The summed E-state index contributed by atoms with van der Waals surface area (Å²) < 4.78 is 5.13. The van der Waals surface area contributed by atoms with Gasteiger partial charge in [0.15, 0.2) is 0 Å². The molecule has 0 N–H and O–H groups in total. The molecule has 1 fully saturated rings. The molecule has 0 aliphatic carbocycles. The van der Waals surface area contributed by atoms with Crippen LogP contribution in [0.3, 0.4) is 0 Å². The van der Waals surface area contributed by atoms with Gasteiger partial charge in [-0.25, -0.2) is 4.79 Å². The quantitative estimate of drug-likeness (QED) is 0.809. The van der Waals surface area contributed by atoms with E-state index in [1.807, 2.05) is 6.07 Å². The van der Waals surface area contributed by atoms with E-state index in [0.29, 0.717) is 36.5 Å². The maximum Gasteiger partial charge on any atom is 0.338 e. The highest BCUT2D eigenvalue weighted by Crippen LogP contribution is 2.32. The maximum atomic E-state index is 12.1. The van der Waals surface area contributed by atoms with Gasteiger partial charge < -0.3 is 9.57 Å². The minimum absolute atomic E-state index is 0.302. The number of hydroxylamine groups is 2. The molecule has 19 heavy (non-hydrogen) atoms. The highest BCUT2D eigenvalue weighted by atomic mass is 16.7. The summed E-state index contributed by atoms with van der Waals surface area (Å²) in [7, 11) is 0. The van der Waals surface area contributed by atoms with Crippen molar-refractivity contribution in [2.75, 3.05) is 13.2 Å². The Morgan fingerprint density at radius 1 is 1.37 bits per heavy atom. The van der Waals surface area contributed by atoms with Crippen molar-refractivity contribution in [3.8, 4) is 0 Å². The number of carbonyl (C=O) groups is 2. The highest BCUT2D eigenvalue weighted by molar-refractivity contribution is 6.08. The number of hydrogen-bond donors (Lipinski definition) is 0. The zero-order valence-corrected chi connectivity index (χ0v) is 10.3. The number of ether oxygens (including phenoxy) is 1. The topological polar surface area (TPSA) is 55.8 Å². The molecule has 2 aliphatic heterocycles. The van der Waals surface area contributed by atoms with Crippen molar-refractivity contribution in [1.29, 1.82) is 0 Å². The smallest absolute Gasteiger partial charge is 0.338 e. The Kier molecular flexibility index (Phi) is 2.83. The van der Waals surface area contributed by atoms with E-state index in [0.717, 1.165) is 5.06 Å². The summed E-state index contributed by atoms with van der Waals surface area (Å²) in [5, 5.41) is 0.977. The zero-order chi connectivity index (χ0) is 13.4. The minimum Gasteiger partial charge on any atom is -0.381 e. The van der Waals surface area contributed by atoms with Crippen LogP contribution in [0.2, 0.25) is 0 Å². The number of fused-ring (bicyclic) bond motifs is 1. The fourth-order valence-electron chi connectivity index (χ4n) is 2.24. The molecule has 98 valence electrons. The number of amides is 1. The first kappa shape index (κ1) is 11.9. The van der Waals surface area contributed by atoms with E-state index in [4.69, 9.17) is 9.57 Å². The minimum atomic E-state index is -0.445. The van der Waals surface area contributed by atoms with E-state index in [1.54, 1.807) is 18.2 Å². The molecule has 0 bridgehead atoms. The normalized spacial score (nSPS) is 21.7. The molecule has 1 unspecified atom stereocenters. The second-order valence-electron chi connectivity index (χ2n) is 4.56. The Morgan fingerprint density at radius 2 is 2.11 bits per heavy atom. The molecule has 0 saturated carbocycles. The number of rotatable bonds is 2. The lowest BCUT2D eigenvalue weighted by Crippen LogP contribution is -2.30. The maximum absolute atomic E-state index is 12.1. The molecule has 0 aromatic heterocycles. The second kappa shape index (κ2) is 4.51. The van der Waals surface area contributed by atoms with Gasteiger partial charge in [0, 0.05) is 12.2 Å². The van der Waals surface area contributed by atoms with Gasteiger partial charge in [0.2, 0.25) is 0 Å². The molecule has 1 amide bonds. The third-order valence-electron chi connectivity index (χ3n) is 3.34. The van der Waals surface area contributed by atoms with Gasteiger partial charge in [0.05, 0.1) is 23.8 Å². The summed E-state index contributed by atoms with van der Waals surface area (Å²) in [4.78, 5) is 29.2. The molecule has 2 aliphatic rings. The Labute approximate surface area is 110 Å². The molecule has 1 atom stereocenters. The lowest BCUT2D eigenvalue weighted by Gasteiger charge is -2.17. The first-order valence-electron chi connectivity index (χ1n) is 6.11. The number of benzene rings is 1. The molecule has 1 aromatic rings. The molecule has 3 rings (SSSR count). The molecule has 5 nitrogen and oxygen atoms in total. The molecule has 1 aromatic carbocycles. The van der Waals surface area contributed by atoms with Gasteiger partial charge in [0.1, 0.15) is 0 Å². The molecule has 0 spiro atoms. The average Bonchev–Trinajstić information content (AvgIpc) is 3.03. The fourth-order valence-corrected chi connectivity index (χ4v) is 2.24. The van der Waals surface area contributed by atoms with Crippen LogP contribution in [0, 0.1) is 5.92 Å². The van der Waals surface area contributed by atoms with E-state index in [-0.39, 0.29) is 11.8 Å². The lowest BCUT2D eigenvalue weighted by molar-refractivity contribution is -0.171. The van der Waals surface area contributed by atoms with E-state index < -0.39 is 5.97 Å². The molecular formula is C14H13NO4. The van der Waals surface area contributed by atoms with Crippen LogP contribution in [0.25, 0.3) is 5.70 Å². The van der Waals surface area contributed by atoms with Crippen molar-refractivity contribution in [2.45, 2.75) is 6.42 Å². The van der Waals surface area contributed by atoms with E-state index in [2.05, 4.69) is 6.58 Å². The molecular weight excluding hydrogens is 246 g/mol. The fraction of sp³-hybridized carbons (Fsp3) is 0.286. The highest BCUT2D eigenvalue weighted by Gasteiger charge is 2.36. The van der Waals surface area contributed by atoms with E-state index in [9.17, 15) is 9.59 Å². The van der Waals surface area contributed by atoms with E-state index in [1.165, 1.54) is 0 Å². The summed E-state index contributed by atoms with van der Waals surface area (Å²) in [6, 6.07) is 7.05. The predicted molar refractivity (Wildman–Crippen MR) is 66.7 cm³/mol. The molecule has 1 saturated heterocycles. The van der Waals surface area contributed by atoms with Crippen LogP contribution in [0.1, 0.15) is 22.3 Å². The standard InChI is InChI=1S/C14H13NO4/c1-9-11-4-2-3-5-12(11)13(16)15(9)19-14(17)10-6-7-18-8-10/h2-5,10H,1,6-8H2. The van der Waals surface area contributed by atoms with Crippen LogP contribution in [-0.2, 0) is 14.4 Å². The Morgan fingerprint density at radius 3 is 2.74 bits per heavy atom. The molecule has 5 heteroatoms. The number of nitrogens with zero attached hydrogens (tertiary/aromatic N) is 1. The van der Waals surface area contributed by atoms with Crippen LogP contribution in [0.5, 0.6) is 0 Å². The van der Waals surface area contributed by atoms with Crippen molar-refractivity contribution < 1.29 is 19.2 Å². The van der Waals surface area contributed by atoms with Crippen molar-refractivity contribution in [3.63, 3.8) is 0 Å². The predicted octanol–water partition coefficient (Wildman–Crippen LogP) is 1.61. The summed E-state index contributed by atoms with van der Waals surface area (Å²) in [5.74, 6) is -1.10. The van der Waals surface area contributed by atoms with E-state index >= 15 is 0 Å². The van der Waals surface area contributed by atoms with Gasteiger partial charge in [-0.15, -0.1) is 5.06 Å². The van der Waals surface area contributed by atoms with Gasteiger partial charge in [-0.3, -0.25) is 4.79 Å². The van der Waals surface area contributed by atoms with Crippen molar-refractivity contribution in [2.24, 2.45) is 5.92 Å². The summed E-state index contributed by atoms with van der Waals surface area (Å²) >= 11 is 0. The molecule has 2 heterocycles. The average molecular weight is 259 g/mol. The second-order valence-corrected chi connectivity index (χ2v) is 4.56. The zero-order valence-electron chi connectivity index (χ0n) is 10.3. The third-order valence-corrected chi connectivity index (χ3v) is 3.34. The van der Waals surface area contributed by atoms with Crippen LogP contribution >= 0.6 is 0 Å². The lowest BCUT2D eigenvalue weighted by atomic mass is 10.1. The number of hydrogen-bond acceptors (Lipinski definition) is 4. The van der Waals surface area contributed by atoms with Gasteiger partial charge in [-0.05, 0) is 12.5 Å². The van der Waals surface area contributed by atoms with Crippen LogP contribution < -0.4 is 0 Å². The monoisotopic (exact) mass is 259 g/mol. The summed E-state index contributed by atoms with van der Waals surface area (Å²) in [6.07, 6.45) is 0.625. The first-order valence-corrected chi connectivity index (χ1v) is 6.11. The van der Waals surface area contributed by atoms with Gasteiger partial charge in [-0.1, -0.05) is 24.8 Å². The van der Waals surface area contributed by atoms with Gasteiger partial charge in [0.25, 0.3) is 5.91 Å². The first-order chi connectivity index (χ1) is 9.18. The van der Waals surface area contributed by atoms with Crippen LogP contribution in [0.4, 0.5) is 0 Å². The third kappa shape index (κ3) is 1.92. The van der Waals surface area contributed by atoms with Crippen molar-refractivity contribution in [3.05, 3.63) is 42.0 Å². The van der Waals surface area contributed by atoms with Crippen LogP contribution in [-0.4, -0.2) is 30.2 Å². The Balaban J connectivity index is 1.78. The van der Waals surface area contributed by atoms with Crippen LogP contribution in [0.15, 0.2) is 30.8 Å². The van der Waals surface area contributed by atoms with Gasteiger partial charge >= 0.3 is 5.97 Å². The molecule has 0 radical (unpaired) electrons. The Hall–Kier alpha value is -2.14.